The van der Waals surface area contributed by atoms with Gasteiger partial charge in [0.25, 0.3) is 0 Å². The Balaban J connectivity index is -0.000000806. The van der Waals surface area contributed by atoms with Crippen LogP contribution in [0.2, 0.25) is 110 Å². The number of hydrogen-bond acceptors (Lipinski definition) is 0. The van der Waals surface area contributed by atoms with Gasteiger partial charge >= 0.3 is 151 Å². The van der Waals surface area contributed by atoms with E-state index in [4.69, 9.17) is 79.2 Å². The van der Waals surface area contributed by atoms with Gasteiger partial charge in [-0.3, -0.25) is 0 Å². The summed E-state index contributed by atoms with van der Waals surface area (Å²) in [6.45, 7) is 126. The van der Waals surface area contributed by atoms with Crippen LogP contribution in [-0.2, 0) is 83.4 Å². The zero-order valence-corrected chi connectivity index (χ0v) is 126. The number of rotatable bonds is 11. The fraction of sp³-hybridized carbons (Fsp3) is 0.754. The van der Waals surface area contributed by atoms with E-state index in [0.717, 1.165) is 180 Å². The number of allylic oxidation sites excluding steroid dienone is 18. The van der Waals surface area contributed by atoms with E-state index in [1.54, 1.807) is 89.2 Å². The molecule has 834 valence electrons. The van der Waals surface area contributed by atoms with E-state index in [-0.39, 0.29) is 52.0 Å². The van der Waals surface area contributed by atoms with Crippen molar-refractivity contribution in [3.8, 4) is 0 Å². The fourth-order valence-corrected chi connectivity index (χ4v) is 62.5. The average molecular weight is 2570 g/mol. The first-order chi connectivity index (χ1) is 63.3. The van der Waals surface area contributed by atoms with Crippen LogP contribution in [0.3, 0.4) is 0 Å². The van der Waals surface area contributed by atoms with Gasteiger partial charge in [-0.25, -0.2) is 0 Å². The van der Waals surface area contributed by atoms with Gasteiger partial charge < -0.3 is 52.0 Å². The van der Waals surface area contributed by atoms with Gasteiger partial charge in [-0.15, -0.1) is 0 Å². The van der Waals surface area contributed by atoms with Gasteiger partial charge in [-0.2, -0.15) is 11.1 Å². The van der Waals surface area contributed by atoms with Crippen LogP contribution in [0, 0.1) is 216 Å². The maximum atomic E-state index is 6.85. The summed E-state index contributed by atoms with van der Waals surface area (Å²) in [5.41, 5.74) is 46.9. The fourth-order valence-electron chi connectivity index (χ4n) is 34.9. The van der Waals surface area contributed by atoms with Crippen molar-refractivity contribution >= 4 is 124 Å². The van der Waals surface area contributed by atoms with Crippen molar-refractivity contribution in [3.63, 3.8) is 0 Å². The van der Waals surface area contributed by atoms with Crippen LogP contribution in [0.1, 0.15) is 372 Å². The Bertz CT molecular complexity index is 4300. The predicted octanol–water partition coefficient (Wildman–Crippen LogP) is 48.3. The van der Waals surface area contributed by atoms with Crippen molar-refractivity contribution in [1.29, 1.82) is 0 Å². The summed E-state index contributed by atoms with van der Waals surface area (Å²) in [6, 6.07) is 0. The molecule has 18 heteroatoms. The first kappa shape index (κ1) is 154. The van der Waals surface area contributed by atoms with Gasteiger partial charge in [0.05, 0.1) is 32.3 Å². The van der Waals surface area contributed by atoms with Gasteiger partial charge in [-0.05, 0) is 423 Å². The molecule has 0 N–H and O–H groups in total. The molecule has 1 aromatic carbocycles. The van der Waals surface area contributed by atoms with E-state index in [1.165, 1.54) is 122 Å². The third kappa shape index (κ3) is 32.0. The minimum absolute atomic E-state index is 0. The molecule has 0 aliphatic heterocycles. The predicted molar refractivity (Wildman–Crippen MR) is 672 cm³/mol. The Kier molecular flexibility index (Phi) is 70.8. The molecule has 8 fully saturated rings. The Morgan fingerprint density at radius 1 is 0.264 bits per heavy atom. The normalized spacial score (nSPS) is 33.3. The van der Waals surface area contributed by atoms with Crippen molar-refractivity contribution in [1.82, 2.24) is 0 Å². The number of benzene rings is 1. The van der Waals surface area contributed by atoms with Gasteiger partial charge in [0.15, 0.2) is 7.38 Å². The average Bonchev–Trinajstić information content (AvgIpc) is 1.56. The molecule has 0 bridgehead atoms. The Hall–Kier alpha value is 4.11. The number of hydrogen-bond donors (Lipinski definition) is 0. The van der Waals surface area contributed by atoms with Crippen LogP contribution in [0.15, 0.2) is 94.7 Å². The summed E-state index contributed by atoms with van der Waals surface area (Å²) < 4.78 is 0. The van der Waals surface area contributed by atoms with E-state index in [1.807, 2.05) is 13.8 Å². The third-order valence-electron chi connectivity index (χ3n) is 44.2. The first-order valence-electron chi connectivity index (χ1n) is 55.0. The zero-order chi connectivity index (χ0) is 106. The summed E-state index contributed by atoms with van der Waals surface area (Å²) in [5.74, 6) is 19.8. The molecule has 0 spiro atoms. The molecular formula is C126H230Cl9Si5Zr4-. The van der Waals surface area contributed by atoms with Gasteiger partial charge in [0, 0.05) is 5.54 Å². The minimum atomic E-state index is -1.76. The van der Waals surface area contributed by atoms with Crippen molar-refractivity contribution in [2.75, 3.05) is 0 Å². The standard InChI is InChI=1S/C26H46Si.C25H44Si.2C22H38Si.C17H25ClSi.C5H12.C2H6.7CH3.8ClH.4Zr/c1-13-14(2)18(6)24-23(17(13)5)19(7)22(10)26(24)27(11,12)25-20(8)15(3)16(4)21(25)9;1-13-12-14(2)24(15(13)3)26(10,11)25-21(9)20(8)22-18(6)16(4)17(5)19(7)23(22)25;2*1-13-14(2)16(4)21-20(15(13)3)17(5)18(6)22(21)23(7,8)19-11-9-10-12-19;1-9-10(2)12(4)16-15(11(9)3)13(5)14(6)17(16)19(7,8)18;1-3-5-4-2;1-2;;;;;;;;;;;;;;;;;;;/h15-16,19-26H,1-12H3;13-15,20-25H,12H2,1-11H3;2*17-22H,9-12H2,1-8H3;17H,1-8H3;3-5H2,1-2H3;1-2H3;7*1H3;8*1H;;;;/q;;;;;;;7*-1;;;;;;;;;+2;3*+4/p-8. The van der Waals surface area contributed by atoms with Gasteiger partial charge in [0.2, 0.25) is 0 Å². The summed E-state index contributed by atoms with van der Waals surface area (Å²) in [4.78, 5) is 0. The molecule has 13 aliphatic carbocycles. The van der Waals surface area contributed by atoms with E-state index < -0.39 is 123 Å². The van der Waals surface area contributed by atoms with Crippen molar-refractivity contribution in [2.24, 2.45) is 136 Å². The molecular weight excluding hydrogens is 2340 g/mol. The van der Waals surface area contributed by atoms with Crippen LogP contribution in [-0.4, -0.2) is 39.7 Å². The second-order valence-electron chi connectivity index (χ2n) is 50.7. The second kappa shape index (κ2) is 66.0. The van der Waals surface area contributed by atoms with Gasteiger partial charge in [0.1, 0.15) is 0 Å². The molecule has 14 rings (SSSR count). The van der Waals surface area contributed by atoms with Crippen molar-refractivity contribution in [2.45, 2.75) is 476 Å². The van der Waals surface area contributed by atoms with Crippen LogP contribution >= 0.6 is 79.2 Å². The number of halogens is 9. The number of unbranched alkanes of at least 4 members (excludes halogenated alkanes) is 2. The molecule has 0 aromatic heterocycles. The molecule has 13 aliphatic rings. The van der Waals surface area contributed by atoms with Crippen LogP contribution in [0.5, 0.6) is 0 Å². The first-order valence-corrected chi connectivity index (χ1v) is 97.1. The van der Waals surface area contributed by atoms with Crippen LogP contribution in [0.25, 0.3) is 5.57 Å². The Morgan fingerprint density at radius 3 is 0.681 bits per heavy atom. The summed E-state index contributed by atoms with van der Waals surface area (Å²) in [6.07, 6.45) is 17.7. The summed E-state index contributed by atoms with van der Waals surface area (Å²) in [5, 5.41) is 0. The second-order valence-corrected chi connectivity index (χ2v) is 92.4. The van der Waals surface area contributed by atoms with E-state index >= 15 is 0 Å². The molecule has 0 amide bonds. The number of fused-ring (bicyclic) bond motifs is 5. The molecule has 29 unspecified atom stereocenters. The molecule has 29 atom stereocenters. The summed E-state index contributed by atoms with van der Waals surface area (Å²) in [7, 11) is 32.4. The monoisotopic (exact) mass is 2560 g/mol. The van der Waals surface area contributed by atoms with Crippen LogP contribution in [0.4, 0.5) is 0 Å². The Morgan fingerprint density at radius 2 is 0.472 bits per heavy atom. The zero-order valence-electron chi connectivity index (χ0n) is 105. The molecule has 0 nitrogen and oxygen atoms in total. The molecule has 144 heavy (non-hydrogen) atoms. The molecule has 0 heterocycles. The topological polar surface area (TPSA) is 0 Å². The maximum absolute atomic E-state index is 6.85. The third-order valence-corrected chi connectivity index (χ3v) is 68.3. The molecule has 1 aromatic rings. The van der Waals surface area contributed by atoms with Crippen molar-refractivity contribution in [3.05, 3.63) is 180 Å². The van der Waals surface area contributed by atoms with Crippen LogP contribution < -0.4 is 0 Å². The quantitative estimate of drug-likeness (QED) is 0.118. The van der Waals surface area contributed by atoms with E-state index in [2.05, 4.69) is 335 Å². The van der Waals surface area contributed by atoms with E-state index in [9.17, 15) is 0 Å². The SMILES string of the molecule is CC.CC1=C(C)C([Si](C)(C)Cl)c2c(C)c(C)c(C)c(C)c21.CC1=C(C)C2C(C)C(C)C([Si](C)(C)C3C(C)C(C)C(C)C3C)C2C(C)=C1C.CC1=C(C)C2C(C)C(C)C([Si](C)(C)C3C(C)CC(C)C3C)C2C(C)=C1C.CC1=C(C)C2C(C)C(C)C([Si](C)(C)C3CCCC3)C2C(C)=C1C.CC1=C(C)C2C(C)C(C)C([Si](C)(C)C3CCCC3)C2C(C)=C1C.CCCCC.[CH3-].[CH3-].[CH3-].[CH3-].[CH3-].[CH3-].[CH3-].[Cl][Zr+2][Cl].[Cl][Zr+2][Cl].[Cl][Zr+2][Cl].[Cl][Zr][Cl]. The van der Waals surface area contributed by atoms with E-state index in [0.29, 0.717) is 5.54 Å². The molecule has 0 saturated heterocycles. The van der Waals surface area contributed by atoms with Crippen molar-refractivity contribution < 1.29 is 83.4 Å². The summed E-state index contributed by atoms with van der Waals surface area (Å²) >= 11 is 3.55. The molecule has 8 saturated carbocycles. The van der Waals surface area contributed by atoms with Gasteiger partial charge in [-0.1, -0.05) is 318 Å². The molecule has 0 radical (unpaired) electrons. The Labute approximate surface area is 988 Å².